The van der Waals surface area contributed by atoms with E-state index < -0.39 is 27.2 Å². The van der Waals surface area contributed by atoms with Crippen molar-refractivity contribution in [3.05, 3.63) is 64.2 Å². The van der Waals surface area contributed by atoms with Crippen LogP contribution >= 0.6 is 11.6 Å². The Labute approximate surface area is 135 Å². The van der Waals surface area contributed by atoms with Gasteiger partial charge in [0.05, 0.1) is 15.7 Å². The second-order valence-corrected chi connectivity index (χ2v) is 6.77. The molecule has 2 rings (SSSR count). The summed E-state index contributed by atoms with van der Waals surface area (Å²) in [5.41, 5.74) is 0.695. The van der Waals surface area contributed by atoms with Gasteiger partial charge >= 0.3 is 0 Å². The highest BCUT2D eigenvalue weighted by molar-refractivity contribution is 7.72. The van der Waals surface area contributed by atoms with Crippen LogP contribution in [-0.2, 0) is 27.2 Å². The first-order valence-corrected chi connectivity index (χ1v) is 8.91. The van der Waals surface area contributed by atoms with Gasteiger partial charge in [-0.1, -0.05) is 23.7 Å². The molecule has 115 valence electrons. The number of rotatable bonds is 5. The van der Waals surface area contributed by atoms with Gasteiger partial charge in [0.2, 0.25) is 0 Å². The van der Waals surface area contributed by atoms with Crippen LogP contribution in [0.2, 0.25) is 5.02 Å². The summed E-state index contributed by atoms with van der Waals surface area (Å²) >= 11 is 6.01. The number of hydrogen-bond donors (Lipinski definition) is 2. The number of benzene rings is 2. The molecule has 2 aromatic rings. The van der Waals surface area contributed by atoms with E-state index in [1.54, 1.807) is 0 Å². The highest BCUT2D eigenvalue weighted by atomic mass is 35.5. The predicted octanol–water partition coefficient (Wildman–Crippen LogP) is 1.45. The van der Waals surface area contributed by atoms with Gasteiger partial charge in [0.15, 0.2) is 16.5 Å². The van der Waals surface area contributed by atoms with E-state index in [9.17, 15) is 21.6 Å². The maximum Gasteiger partial charge on any atom is 0.195 e. The zero-order chi connectivity index (χ0) is 16.3. The van der Waals surface area contributed by atoms with Crippen LogP contribution < -0.4 is 0 Å². The molecule has 0 N–H and O–H groups in total. The monoisotopic (exact) mass is 357 g/mol. The average molecular weight is 358 g/mol. The van der Waals surface area contributed by atoms with Crippen LogP contribution in [0.15, 0.2) is 41.3 Å². The zero-order valence-corrected chi connectivity index (χ0v) is 13.5. The Hall–Kier alpha value is -1.70. The molecule has 0 aliphatic heterocycles. The van der Waals surface area contributed by atoms with Gasteiger partial charge in [0.1, 0.15) is 10.7 Å². The molecule has 1 radical (unpaired) electrons. The molecule has 0 fully saturated rings. The lowest BCUT2D eigenvalue weighted by atomic mass is 10.0. The summed E-state index contributed by atoms with van der Waals surface area (Å²) in [6.45, 7) is 0. The Morgan fingerprint density at radius 3 is 2.41 bits per heavy atom. The van der Waals surface area contributed by atoms with Crippen molar-refractivity contribution in [2.45, 2.75) is 10.6 Å². The quantitative estimate of drug-likeness (QED) is 0.625. The molecule has 0 atom stereocenters. The molecule has 0 heterocycles. The van der Waals surface area contributed by atoms with E-state index in [0.717, 1.165) is 0 Å². The van der Waals surface area contributed by atoms with Gasteiger partial charge in [-0.05, 0) is 35.9 Å². The molecular weight excluding hydrogens is 348 g/mol. The first-order valence-electron chi connectivity index (χ1n) is 5.99. The number of carbonyl (C=O) groups excluding carboxylic acids is 1. The molecule has 0 aliphatic carbocycles. The second kappa shape index (κ2) is 7.04. The van der Waals surface area contributed by atoms with E-state index in [2.05, 4.69) is 6.07 Å². The molecule has 0 saturated carbocycles. The molecule has 0 unspecified atom stereocenters. The topological polar surface area (TPSA) is 85.3 Å². The fraction of sp³-hybridized carbons (Fsp3) is 0.0714. The maximum atomic E-state index is 12.3. The Bertz CT molecular complexity index is 869. The van der Waals surface area contributed by atoms with Crippen molar-refractivity contribution in [2.24, 2.45) is 0 Å². The minimum Gasteiger partial charge on any atom is -0.289 e. The third-order valence-corrected chi connectivity index (χ3v) is 4.47. The van der Waals surface area contributed by atoms with Gasteiger partial charge in [0, 0.05) is 11.1 Å². The molecule has 0 spiro atoms. The van der Waals surface area contributed by atoms with Gasteiger partial charge in [-0.3, -0.25) is 4.79 Å². The summed E-state index contributed by atoms with van der Waals surface area (Å²) in [7, 11) is -5.39. The highest BCUT2D eigenvalue weighted by Gasteiger charge is 2.14. The van der Waals surface area contributed by atoms with Crippen LogP contribution in [-0.4, -0.2) is 22.6 Å². The lowest BCUT2D eigenvalue weighted by molar-refractivity contribution is 0.103. The molecular formula is C14H10ClO5S2. The van der Waals surface area contributed by atoms with Crippen molar-refractivity contribution in [3.8, 4) is 0 Å². The van der Waals surface area contributed by atoms with E-state index in [-0.39, 0.29) is 26.8 Å². The summed E-state index contributed by atoms with van der Waals surface area (Å²) in [4.78, 5) is 12.4. The second-order valence-electron chi connectivity index (χ2n) is 4.35. The van der Waals surface area contributed by atoms with Crippen molar-refractivity contribution in [1.82, 2.24) is 0 Å². The smallest absolute Gasteiger partial charge is 0.195 e. The standard InChI is InChI=1S/C14H10ClO5S2/c15-13-6-9(8-21(17)18)4-5-12(13)14(16)10-2-1-3-11(7-10)22(19)20/h1,3-7,21-22H,8H2. The SMILES string of the molecule is O=C(c1[c]ccc([SH](=O)=O)c1)c1ccc(C[SH](=O)=O)cc1Cl. The normalized spacial score (nSPS) is 11.0. The van der Waals surface area contributed by atoms with Crippen molar-refractivity contribution >= 4 is 38.8 Å². The van der Waals surface area contributed by atoms with E-state index in [1.165, 1.54) is 36.4 Å². The molecule has 8 heteroatoms. The van der Waals surface area contributed by atoms with Gasteiger partial charge in [-0.25, -0.2) is 16.8 Å². The van der Waals surface area contributed by atoms with E-state index >= 15 is 0 Å². The zero-order valence-electron chi connectivity index (χ0n) is 11.0. The summed E-state index contributed by atoms with van der Waals surface area (Å²) in [6.07, 6.45) is 0. The summed E-state index contributed by atoms with van der Waals surface area (Å²) in [6, 6.07) is 10.9. The molecule has 5 nitrogen and oxygen atoms in total. The molecule has 0 aliphatic rings. The van der Waals surface area contributed by atoms with Crippen LogP contribution in [0.3, 0.4) is 0 Å². The number of ketones is 1. The third-order valence-electron chi connectivity index (χ3n) is 2.83. The number of carbonyl (C=O) groups is 1. The van der Waals surface area contributed by atoms with E-state index in [0.29, 0.717) is 5.56 Å². The minimum atomic E-state index is -2.80. The van der Waals surface area contributed by atoms with Crippen LogP contribution in [0.1, 0.15) is 21.5 Å². The van der Waals surface area contributed by atoms with E-state index in [4.69, 9.17) is 11.6 Å². The molecule has 0 amide bonds. The third kappa shape index (κ3) is 3.94. The largest absolute Gasteiger partial charge is 0.289 e. The minimum absolute atomic E-state index is 0.00759. The summed E-state index contributed by atoms with van der Waals surface area (Å²) in [5.74, 6) is -0.649. The van der Waals surface area contributed by atoms with E-state index in [1.807, 2.05) is 0 Å². The molecule has 0 saturated heterocycles. The van der Waals surface area contributed by atoms with Crippen molar-refractivity contribution < 1.29 is 21.6 Å². The first kappa shape index (κ1) is 16.7. The Morgan fingerprint density at radius 2 is 1.82 bits per heavy atom. The predicted molar refractivity (Wildman–Crippen MR) is 82.8 cm³/mol. The lowest BCUT2D eigenvalue weighted by Gasteiger charge is -2.05. The Balaban J connectivity index is 2.39. The van der Waals surface area contributed by atoms with Crippen LogP contribution in [0, 0.1) is 6.07 Å². The molecule has 0 bridgehead atoms. The summed E-state index contributed by atoms with van der Waals surface area (Å²) < 4.78 is 43.3. The van der Waals surface area contributed by atoms with Gasteiger partial charge in [0.25, 0.3) is 0 Å². The van der Waals surface area contributed by atoms with Crippen LogP contribution in [0.4, 0.5) is 0 Å². The van der Waals surface area contributed by atoms with Crippen LogP contribution in [0.25, 0.3) is 0 Å². The van der Waals surface area contributed by atoms with Crippen molar-refractivity contribution in [2.75, 3.05) is 0 Å². The molecule has 2 aromatic carbocycles. The average Bonchev–Trinajstić information content (AvgIpc) is 2.46. The fourth-order valence-corrected chi connectivity index (χ4v) is 3.05. The van der Waals surface area contributed by atoms with Crippen LogP contribution in [0.5, 0.6) is 0 Å². The Kier molecular flexibility index (Phi) is 5.33. The van der Waals surface area contributed by atoms with Crippen molar-refractivity contribution in [1.29, 1.82) is 0 Å². The number of thiol groups is 2. The fourth-order valence-electron chi connectivity index (χ4n) is 1.83. The maximum absolute atomic E-state index is 12.3. The highest BCUT2D eigenvalue weighted by Crippen LogP contribution is 2.22. The number of hydrogen-bond acceptors (Lipinski definition) is 5. The van der Waals surface area contributed by atoms with Gasteiger partial charge in [-0.2, -0.15) is 0 Å². The lowest BCUT2D eigenvalue weighted by Crippen LogP contribution is -2.03. The number of halogens is 1. The molecule has 22 heavy (non-hydrogen) atoms. The summed E-state index contributed by atoms with van der Waals surface area (Å²) in [5, 5.41) is 0.102. The molecule has 0 aromatic heterocycles. The Morgan fingerprint density at radius 1 is 1.09 bits per heavy atom. The van der Waals surface area contributed by atoms with Gasteiger partial charge in [-0.15, -0.1) is 0 Å². The first-order chi connectivity index (χ1) is 10.4. The van der Waals surface area contributed by atoms with Crippen molar-refractivity contribution in [3.63, 3.8) is 0 Å². The van der Waals surface area contributed by atoms with Gasteiger partial charge < -0.3 is 0 Å².